The van der Waals surface area contributed by atoms with E-state index in [1.807, 2.05) is 0 Å². The van der Waals surface area contributed by atoms with Crippen molar-refractivity contribution in [3.05, 3.63) is 47.7 Å². The van der Waals surface area contributed by atoms with Gasteiger partial charge in [0.1, 0.15) is 0 Å². The van der Waals surface area contributed by atoms with E-state index in [-0.39, 0.29) is 0 Å². The SMILES string of the molecule is CC(CNCc1nnc(C2CC2)o1)Cc1ccccc1. The van der Waals surface area contributed by atoms with Crippen LogP contribution in [0.25, 0.3) is 0 Å². The molecule has 0 aliphatic heterocycles. The fraction of sp³-hybridized carbons (Fsp3) is 0.500. The topological polar surface area (TPSA) is 51.0 Å². The predicted octanol–water partition coefficient (Wildman–Crippen LogP) is 2.92. The van der Waals surface area contributed by atoms with E-state index < -0.39 is 0 Å². The van der Waals surface area contributed by atoms with Gasteiger partial charge in [-0.25, -0.2) is 0 Å². The molecule has 1 fully saturated rings. The Morgan fingerprint density at radius 1 is 1.25 bits per heavy atom. The maximum Gasteiger partial charge on any atom is 0.230 e. The number of rotatable bonds is 7. The summed E-state index contributed by atoms with van der Waals surface area (Å²) in [4.78, 5) is 0. The van der Waals surface area contributed by atoms with Crippen molar-refractivity contribution in [3.63, 3.8) is 0 Å². The van der Waals surface area contributed by atoms with Gasteiger partial charge in [-0.15, -0.1) is 10.2 Å². The van der Waals surface area contributed by atoms with Gasteiger partial charge in [-0.2, -0.15) is 0 Å². The van der Waals surface area contributed by atoms with Crippen molar-refractivity contribution >= 4 is 0 Å². The Morgan fingerprint density at radius 2 is 2.05 bits per heavy atom. The zero-order valence-electron chi connectivity index (χ0n) is 11.9. The summed E-state index contributed by atoms with van der Waals surface area (Å²) in [5, 5.41) is 11.6. The molecule has 0 saturated heterocycles. The van der Waals surface area contributed by atoms with Crippen LogP contribution in [0.1, 0.15) is 43.0 Å². The molecule has 1 N–H and O–H groups in total. The van der Waals surface area contributed by atoms with E-state index in [1.54, 1.807) is 0 Å². The van der Waals surface area contributed by atoms with Gasteiger partial charge in [0, 0.05) is 5.92 Å². The molecule has 0 bridgehead atoms. The summed E-state index contributed by atoms with van der Waals surface area (Å²) in [6.07, 6.45) is 3.48. The second-order valence-corrected chi connectivity index (χ2v) is 5.73. The average molecular weight is 271 g/mol. The molecule has 1 aromatic carbocycles. The molecule has 1 unspecified atom stereocenters. The molecule has 0 radical (unpaired) electrons. The quantitative estimate of drug-likeness (QED) is 0.841. The molecule has 1 aliphatic carbocycles. The maximum atomic E-state index is 5.62. The fourth-order valence-electron chi connectivity index (χ4n) is 2.35. The van der Waals surface area contributed by atoms with Crippen LogP contribution in [-0.2, 0) is 13.0 Å². The number of nitrogens with one attached hydrogen (secondary N) is 1. The molecule has 1 saturated carbocycles. The van der Waals surface area contributed by atoms with Crippen molar-refractivity contribution in [3.8, 4) is 0 Å². The molecule has 4 nitrogen and oxygen atoms in total. The molecule has 1 aliphatic rings. The Bertz CT molecular complexity index is 534. The monoisotopic (exact) mass is 271 g/mol. The van der Waals surface area contributed by atoms with Crippen LogP contribution in [0.5, 0.6) is 0 Å². The Kier molecular flexibility index (Phi) is 4.11. The zero-order valence-corrected chi connectivity index (χ0v) is 11.9. The van der Waals surface area contributed by atoms with E-state index in [4.69, 9.17) is 4.42 Å². The van der Waals surface area contributed by atoms with Crippen LogP contribution in [0, 0.1) is 5.92 Å². The van der Waals surface area contributed by atoms with Crippen molar-refractivity contribution < 1.29 is 4.42 Å². The minimum atomic E-state index is 0.535. The normalized spacial score (nSPS) is 16.2. The van der Waals surface area contributed by atoms with Gasteiger partial charge in [0.2, 0.25) is 11.8 Å². The Morgan fingerprint density at radius 3 is 2.80 bits per heavy atom. The highest BCUT2D eigenvalue weighted by Gasteiger charge is 2.29. The summed E-state index contributed by atoms with van der Waals surface area (Å²) in [7, 11) is 0. The van der Waals surface area contributed by atoms with Gasteiger partial charge in [-0.05, 0) is 37.3 Å². The third-order valence-corrected chi connectivity index (χ3v) is 3.61. The zero-order chi connectivity index (χ0) is 13.8. The summed E-state index contributed by atoms with van der Waals surface area (Å²) in [5.74, 6) is 2.65. The van der Waals surface area contributed by atoms with Crippen LogP contribution in [0.4, 0.5) is 0 Å². The maximum absolute atomic E-state index is 5.62. The van der Waals surface area contributed by atoms with E-state index >= 15 is 0 Å². The lowest BCUT2D eigenvalue weighted by atomic mass is 10.0. The van der Waals surface area contributed by atoms with Gasteiger partial charge in [0.05, 0.1) is 6.54 Å². The summed E-state index contributed by atoms with van der Waals surface area (Å²) >= 11 is 0. The largest absolute Gasteiger partial charge is 0.424 e. The van der Waals surface area contributed by atoms with E-state index in [2.05, 4.69) is 52.8 Å². The van der Waals surface area contributed by atoms with Crippen LogP contribution in [-0.4, -0.2) is 16.7 Å². The van der Waals surface area contributed by atoms with Crippen molar-refractivity contribution in [2.45, 2.75) is 38.6 Å². The second-order valence-electron chi connectivity index (χ2n) is 5.73. The number of hydrogen-bond acceptors (Lipinski definition) is 4. The van der Waals surface area contributed by atoms with Crippen LogP contribution >= 0.6 is 0 Å². The lowest BCUT2D eigenvalue weighted by molar-refractivity contribution is 0.418. The highest BCUT2D eigenvalue weighted by Crippen LogP contribution is 2.38. The van der Waals surface area contributed by atoms with Crippen LogP contribution in [0.2, 0.25) is 0 Å². The van der Waals surface area contributed by atoms with Crippen molar-refractivity contribution in [1.82, 2.24) is 15.5 Å². The molecule has 1 heterocycles. The molecule has 1 aromatic heterocycles. The number of nitrogens with zero attached hydrogens (tertiary/aromatic N) is 2. The van der Waals surface area contributed by atoms with E-state index in [9.17, 15) is 0 Å². The first kappa shape index (κ1) is 13.3. The van der Waals surface area contributed by atoms with Crippen LogP contribution in [0.3, 0.4) is 0 Å². The van der Waals surface area contributed by atoms with Crippen molar-refractivity contribution in [2.75, 3.05) is 6.54 Å². The summed E-state index contributed by atoms with van der Waals surface area (Å²) in [6.45, 7) is 3.87. The molecule has 3 rings (SSSR count). The lowest BCUT2D eigenvalue weighted by Gasteiger charge is -2.11. The van der Waals surface area contributed by atoms with Gasteiger partial charge in [-0.3, -0.25) is 0 Å². The molecular weight excluding hydrogens is 250 g/mol. The Hall–Kier alpha value is -1.68. The van der Waals surface area contributed by atoms with Gasteiger partial charge in [0.15, 0.2) is 0 Å². The standard InChI is InChI=1S/C16H21N3O/c1-12(9-13-5-3-2-4-6-13)10-17-11-15-18-19-16(20-15)14-7-8-14/h2-6,12,14,17H,7-11H2,1H3. The number of aromatic nitrogens is 2. The molecule has 2 aromatic rings. The highest BCUT2D eigenvalue weighted by molar-refractivity contribution is 5.15. The number of hydrogen-bond donors (Lipinski definition) is 1. The van der Waals surface area contributed by atoms with Gasteiger partial charge >= 0.3 is 0 Å². The Balaban J connectivity index is 1.40. The molecule has 0 spiro atoms. The van der Waals surface area contributed by atoms with Gasteiger partial charge in [-0.1, -0.05) is 37.3 Å². The van der Waals surface area contributed by atoms with E-state index in [0.29, 0.717) is 24.3 Å². The summed E-state index contributed by atoms with van der Waals surface area (Å²) < 4.78 is 5.62. The first-order valence-electron chi connectivity index (χ1n) is 7.38. The van der Waals surface area contributed by atoms with Gasteiger partial charge < -0.3 is 9.73 Å². The molecule has 0 amide bonds. The molecule has 1 atom stereocenters. The smallest absolute Gasteiger partial charge is 0.230 e. The van der Waals surface area contributed by atoms with Crippen molar-refractivity contribution in [1.29, 1.82) is 0 Å². The Labute approximate surface area is 119 Å². The van der Waals surface area contributed by atoms with Crippen LogP contribution in [0.15, 0.2) is 34.7 Å². The molecular formula is C16H21N3O. The van der Waals surface area contributed by atoms with Gasteiger partial charge in [0.25, 0.3) is 0 Å². The van der Waals surface area contributed by atoms with Crippen LogP contribution < -0.4 is 5.32 Å². The van der Waals surface area contributed by atoms with Crippen molar-refractivity contribution in [2.24, 2.45) is 5.92 Å². The third-order valence-electron chi connectivity index (χ3n) is 3.61. The fourth-order valence-corrected chi connectivity index (χ4v) is 2.35. The molecule has 20 heavy (non-hydrogen) atoms. The highest BCUT2D eigenvalue weighted by atomic mass is 16.4. The second kappa shape index (κ2) is 6.18. The molecule has 4 heteroatoms. The van der Waals surface area contributed by atoms with E-state index in [1.165, 1.54) is 18.4 Å². The first-order chi connectivity index (χ1) is 9.81. The molecule has 106 valence electrons. The minimum absolute atomic E-state index is 0.535. The summed E-state index contributed by atoms with van der Waals surface area (Å²) in [5.41, 5.74) is 1.38. The van der Waals surface area contributed by atoms with E-state index in [0.717, 1.165) is 18.9 Å². The lowest BCUT2D eigenvalue weighted by Crippen LogP contribution is -2.22. The summed E-state index contributed by atoms with van der Waals surface area (Å²) in [6, 6.07) is 10.6. The number of benzene rings is 1. The minimum Gasteiger partial charge on any atom is -0.424 e. The third kappa shape index (κ3) is 3.67. The first-order valence-corrected chi connectivity index (χ1v) is 7.38. The predicted molar refractivity (Wildman–Crippen MR) is 77.3 cm³/mol. The average Bonchev–Trinajstić information content (AvgIpc) is 3.20.